The van der Waals surface area contributed by atoms with Crippen LogP contribution in [-0.2, 0) is 6.18 Å². The quantitative estimate of drug-likeness (QED) is 0.412. The molecule has 1 aliphatic heterocycles. The van der Waals surface area contributed by atoms with Gasteiger partial charge in [-0.2, -0.15) is 13.2 Å². The summed E-state index contributed by atoms with van der Waals surface area (Å²) in [4.78, 5) is 8.46. The standard InChI is InChI=1S/C17H13F3N2O.C8H18.C4H10.C2H6/c1-10-4-7-22-16(14-9-21-6-5-12(10)14)13-3-2-11(8-15(13)23)17(18,19)20;1-4-6-7-8(3)5-2;1-3-4-2;1-2/h2-6,8-9,23H,7H2,1H3;8H,4-7H2,1-3H3;3-4H2,1-2H3;1-2H3. The lowest BCUT2D eigenvalue weighted by atomic mass is 9.95. The van der Waals surface area contributed by atoms with Gasteiger partial charge in [0.05, 0.1) is 17.8 Å². The zero-order valence-corrected chi connectivity index (χ0v) is 24.0. The van der Waals surface area contributed by atoms with Gasteiger partial charge in [0.2, 0.25) is 0 Å². The second kappa shape index (κ2) is 18.6. The second-order valence-electron chi connectivity index (χ2n) is 8.88. The number of hydrogen-bond donors (Lipinski definition) is 1. The van der Waals surface area contributed by atoms with Gasteiger partial charge in [-0.25, -0.2) is 0 Å². The molecule has 0 aliphatic carbocycles. The lowest BCUT2D eigenvalue weighted by Crippen LogP contribution is -2.09. The fourth-order valence-electron chi connectivity index (χ4n) is 3.29. The van der Waals surface area contributed by atoms with E-state index in [9.17, 15) is 18.3 Å². The van der Waals surface area contributed by atoms with Crippen molar-refractivity contribution in [3.8, 4) is 5.75 Å². The third-order valence-corrected chi connectivity index (χ3v) is 5.98. The number of benzene rings is 1. The van der Waals surface area contributed by atoms with Crippen molar-refractivity contribution in [2.45, 2.75) is 100 Å². The molecular weight excluding hydrogens is 473 g/mol. The normalized spacial score (nSPS) is 13.1. The first kappa shape index (κ1) is 34.4. The molecule has 208 valence electrons. The van der Waals surface area contributed by atoms with Gasteiger partial charge >= 0.3 is 6.18 Å². The lowest BCUT2D eigenvalue weighted by Gasteiger charge is -2.13. The number of aromatic nitrogens is 1. The number of alkyl halides is 3. The summed E-state index contributed by atoms with van der Waals surface area (Å²) >= 11 is 0. The van der Waals surface area contributed by atoms with Gasteiger partial charge in [0.15, 0.2) is 0 Å². The summed E-state index contributed by atoms with van der Waals surface area (Å²) in [5, 5.41) is 10.1. The molecule has 0 spiro atoms. The number of phenols is 1. The molecule has 0 saturated heterocycles. The molecule has 0 bridgehead atoms. The van der Waals surface area contributed by atoms with Crippen LogP contribution in [0.3, 0.4) is 0 Å². The maximum atomic E-state index is 12.7. The minimum atomic E-state index is -4.50. The van der Waals surface area contributed by atoms with Crippen molar-refractivity contribution in [1.82, 2.24) is 4.98 Å². The Morgan fingerprint density at radius 3 is 2.11 bits per heavy atom. The molecular formula is C31H47F3N2O. The van der Waals surface area contributed by atoms with E-state index in [0.29, 0.717) is 17.8 Å². The molecule has 1 unspecified atom stereocenters. The Morgan fingerprint density at radius 1 is 0.946 bits per heavy atom. The minimum Gasteiger partial charge on any atom is -0.507 e. The van der Waals surface area contributed by atoms with Gasteiger partial charge in [-0.05, 0) is 48.2 Å². The van der Waals surface area contributed by atoms with E-state index < -0.39 is 17.5 Å². The maximum Gasteiger partial charge on any atom is 0.416 e. The summed E-state index contributed by atoms with van der Waals surface area (Å²) < 4.78 is 38.2. The summed E-state index contributed by atoms with van der Waals surface area (Å²) in [7, 11) is 0. The summed E-state index contributed by atoms with van der Waals surface area (Å²) in [5.74, 6) is 0.503. The molecule has 37 heavy (non-hydrogen) atoms. The van der Waals surface area contributed by atoms with Gasteiger partial charge in [0.25, 0.3) is 0 Å². The molecule has 1 N–H and O–H groups in total. The first-order valence-electron chi connectivity index (χ1n) is 13.7. The predicted molar refractivity (Wildman–Crippen MR) is 152 cm³/mol. The number of hydrogen-bond acceptors (Lipinski definition) is 3. The Balaban J connectivity index is 0.000000773. The van der Waals surface area contributed by atoms with Crippen molar-refractivity contribution in [3.05, 3.63) is 65.0 Å². The van der Waals surface area contributed by atoms with Gasteiger partial charge in [-0.15, -0.1) is 0 Å². The fourth-order valence-corrected chi connectivity index (χ4v) is 3.29. The Kier molecular flexibility index (Phi) is 17.3. The number of allylic oxidation sites excluding steroid dienone is 1. The molecule has 1 aromatic carbocycles. The summed E-state index contributed by atoms with van der Waals surface area (Å²) in [5.41, 5.74) is 2.40. The number of halogens is 3. The highest BCUT2D eigenvalue weighted by Gasteiger charge is 2.31. The van der Waals surface area contributed by atoms with Crippen molar-refractivity contribution in [2.75, 3.05) is 6.54 Å². The van der Waals surface area contributed by atoms with Crippen LogP contribution in [0.25, 0.3) is 5.57 Å². The molecule has 2 heterocycles. The molecule has 3 rings (SSSR count). The molecule has 1 aliphatic rings. The highest BCUT2D eigenvalue weighted by molar-refractivity contribution is 6.16. The van der Waals surface area contributed by atoms with Gasteiger partial charge in [0, 0.05) is 23.5 Å². The number of aliphatic imine (C=N–C) groups is 1. The highest BCUT2D eigenvalue weighted by Crippen LogP contribution is 2.34. The summed E-state index contributed by atoms with van der Waals surface area (Å²) in [6.07, 6.45) is 8.85. The van der Waals surface area contributed by atoms with Crippen LogP contribution < -0.4 is 0 Å². The van der Waals surface area contributed by atoms with Crippen molar-refractivity contribution in [3.63, 3.8) is 0 Å². The first-order chi connectivity index (χ1) is 17.6. The number of nitrogens with zero attached hydrogens (tertiary/aromatic N) is 2. The molecule has 6 heteroatoms. The lowest BCUT2D eigenvalue weighted by molar-refractivity contribution is -0.137. The number of unbranched alkanes of at least 4 members (excludes halogenated alkanes) is 2. The molecule has 0 fully saturated rings. The van der Waals surface area contributed by atoms with E-state index in [2.05, 4.69) is 44.6 Å². The van der Waals surface area contributed by atoms with E-state index in [1.807, 2.05) is 32.9 Å². The van der Waals surface area contributed by atoms with Crippen molar-refractivity contribution < 1.29 is 18.3 Å². The van der Waals surface area contributed by atoms with E-state index in [1.165, 1.54) is 44.6 Å². The van der Waals surface area contributed by atoms with Crippen LogP contribution in [0.4, 0.5) is 13.2 Å². The van der Waals surface area contributed by atoms with Crippen LogP contribution >= 0.6 is 0 Å². The highest BCUT2D eigenvalue weighted by atomic mass is 19.4. The Bertz CT molecular complexity index is 963. The SMILES string of the molecule is CC.CC1=CCN=C(c2ccc(C(F)(F)F)cc2O)c2cnccc21.CCCC.CCCCC(C)CC. The largest absolute Gasteiger partial charge is 0.507 e. The second-order valence-corrected chi connectivity index (χ2v) is 8.88. The van der Waals surface area contributed by atoms with Gasteiger partial charge in [-0.3, -0.25) is 9.98 Å². The van der Waals surface area contributed by atoms with Gasteiger partial charge in [0.1, 0.15) is 5.75 Å². The number of rotatable bonds is 6. The third-order valence-electron chi connectivity index (χ3n) is 5.98. The Labute approximate surface area is 223 Å². The molecule has 3 nitrogen and oxygen atoms in total. The van der Waals surface area contributed by atoms with Crippen LogP contribution in [0.2, 0.25) is 0 Å². The van der Waals surface area contributed by atoms with Crippen LogP contribution in [0.15, 0.2) is 47.7 Å². The van der Waals surface area contributed by atoms with E-state index >= 15 is 0 Å². The molecule has 1 aromatic heterocycles. The first-order valence-corrected chi connectivity index (χ1v) is 13.7. The summed E-state index contributed by atoms with van der Waals surface area (Å²) in [6, 6.07) is 4.73. The third kappa shape index (κ3) is 12.0. The fraction of sp³-hybridized carbons (Fsp3) is 0.548. The molecule has 0 amide bonds. The van der Waals surface area contributed by atoms with E-state index in [1.54, 1.807) is 12.4 Å². The van der Waals surface area contributed by atoms with Crippen LogP contribution in [0.5, 0.6) is 5.75 Å². The average molecular weight is 521 g/mol. The average Bonchev–Trinajstić information content (AvgIpc) is 3.07. The van der Waals surface area contributed by atoms with Crippen LogP contribution in [-0.4, -0.2) is 22.3 Å². The summed E-state index contributed by atoms with van der Waals surface area (Å²) in [6.45, 7) is 17.5. The van der Waals surface area contributed by atoms with Gasteiger partial charge < -0.3 is 5.11 Å². The molecule has 0 radical (unpaired) electrons. The van der Waals surface area contributed by atoms with Crippen molar-refractivity contribution in [2.24, 2.45) is 10.9 Å². The number of phenolic OH excluding ortho intramolecular Hbond substituents is 1. The zero-order chi connectivity index (χ0) is 28.4. The van der Waals surface area contributed by atoms with E-state index in [4.69, 9.17) is 0 Å². The van der Waals surface area contributed by atoms with Crippen molar-refractivity contribution in [1.29, 1.82) is 0 Å². The zero-order valence-electron chi connectivity index (χ0n) is 24.0. The van der Waals surface area contributed by atoms with E-state index in [-0.39, 0.29) is 5.56 Å². The minimum absolute atomic E-state index is 0.260. The Hall–Kier alpha value is -2.63. The molecule has 0 saturated carbocycles. The monoisotopic (exact) mass is 520 g/mol. The van der Waals surface area contributed by atoms with Gasteiger partial charge in [-0.1, -0.05) is 93.1 Å². The molecule has 2 aromatic rings. The number of pyridine rings is 1. The topological polar surface area (TPSA) is 45.5 Å². The van der Waals surface area contributed by atoms with Crippen LogP contribution in [0, 0.1) is 5.92 Å². The van der Waals surface area contributed by atoms with E-state index in [0.717, 1.165) is 29.2 Å². The number of aromatic hydroxyl groups is 1. The predicted octanol–water partition coefficient (Wildman–Crippen LogP) is 10.1. The smallest absolute Gasteiger partial charge is 0.416 e. The molecule has 1 atom stereocenters. The number of fused-ring (bicyclic) bond motifs is 1. The van der Waals surface area contributed by atoms with Crippen LogP contribution in [0.1, 0.15) is 116 Å². The van der Waals surface area contributed by atoms with Crippen molar-refractivity contribution >= 4 is 11.3 Å². The maximum absolute atomic E-state index is 12.7. The Morgan fingerprint density at radius 2 is 1.59 bits per heavy atom.